The average molecular weight is 348 g/mol. The van der Waals surface area contributed by atoms with Crippen LogP contribution in [-0.2, 0) is 0 Å². The maximum atomic E-state index is 2.34. The van der Waals surface area contributed by atoms with Gasteiger partial charge in [-0.3, -0.25) is 0 Å². The van der Waals surface area contributed by atoms with Gasteiger partial charge in [0.15, 0.2) is 0 Å². The summed E-state index contributed by atoms with van der Waals surface area (Å²) < 4.78 is 0. The van der Waals surface area contributed by atoms with E-state index in [9.17, 15) is 0 Å². The van der Waals surface area contributed by atoms with Crippen LogP contribution in [0, 0.1) is 0 Å². The number of fused-ring (bicyclic) bond motifs is 2. The van der Waals surface area contributed by atoms with Crippen molar-refractivity contribution in [2.75, 3.05) is 6.16 Å². The molecule has 2 fully saturated rings. The van der Waals surface area contributed by atoms with Gasteiger partial charge in [0.1, 0.15) is 6.71 Å². The lowest BCUT2D eigenvalue weighted by Crippen LogP contribution is -2.34. The molecular weight excluding hydrogens is 318 g/mol. The first kappa shape index (κ1) is 17.4. The van der Waals surface area contributed by atoms with E-state index < -0.39 is 0 Å². The van der Waals surface area contributed by atoms with E-state index in [4.69, 9.17) is 0 Å². The molecule has 2 saturated heterocycles. The molecule has 0 atom stereocenters. The molecule has 0 saturated carbocycles. The highest BCUT2D eigenvalue weighted by Gasteiger charge is 2.38. The second kappa shape index (κ2) is 8.55. The minimum Gasteiger partial charge on any atom is -0.0733 e. The standard InChI is InChI=1S/C23H30BP/c1-3-14-22(15-4-1)25(23-16-5-2-6-17-23)19-9-18-24-20-10-7-11-21(24)13-8-12-20/h1-6,14-17,20-21H,7-13,18-19H2. The zero-order chi connectivity index (χ0) is 16.9. The van der Waals surface area contributed by atoms with Crippen LogP contribution in [0.4, 0.5) is 0 Å². The molecule has 0 radical (unpaired) electrons. The molecular formula is C23H30BP. The third kappa shape index (κ3) is 4.20. The highest BCUT2D eigenvalue weighted by Crippen LogP contribution is 2.48. The molecule has 0 unspecified atom stereocenters. The molecule has 2 aromatic carbocycles. The van der Waals surface area contributed by atoms with E-state index in [0.717, 1.165) is 18.3 Å². The summed E-state index contributed by atoms with van der Waals surface area (Å²) in [5, 5.41) is 3.10. The molecule has 2 bridgehead atoms. The SMILES string of the molecule is c1ccc(P(CCCB2C3CCCC2CCC3)c2ccccc2)cc1. The van der Waals surface area contributed by atoms with Crippen LogP contribution < -0.4 is 10.6 Å². The fourth-order valence-electron chi connectivity index (χ4n) is 5.39. The molecule has 0 spiro atoms. The highest BCUT2D eigenvalue weighted by molar-refractivity contribution is 7.73. The lowest BCUT2D eigenvalue weighted by molar-refractivity contribution is 0.441. The Balaban J connectivity index is 1.43. The molecule has 4 rings (SSSR count). The molecule has 2 heterocycles. The molecule has 0 aromatic heterocycles. The summed E-state index contributed by atoms with van der Waals surface area (Å²) in [4.78, 5) is 0. The number of rotatable bonds is 6. The summed E-state index contributed by atoms with van der Waals surface area (Å²) in [7, 11) is -0.193. The van der Waals surface area contributed by atoms with Crippen molar-refractivity contribution >= 4 is 25.2 Å². The minimum atomic E-state index is -0.193. The molecule has 0 N–H and O–H groups in total. The maximum absolute atomic E-state index is 2.34. The lowest BCUT2D eigenvalue weighted by atomic mass is 9.26. The van der Waals surface area contributed by atoms with E-state index in [-0.39, 0.29) is 7.92 Å². The van der Waals surface area contributed by atoms with Gasteiger partial charge in [-0.1, -0.05) is 124 Å². The third-order valence-corrected chi connectivity index (χ3v) is 9.17. The van der Waals surface area contributed by atoms with Crippen LogP contribution in [0.2, 0.25) is 18.0 Å². The predicted octanol–water partition coefficient (Wildman–Crippen LogP) is 6.11. The van der Waals surface area contributed by atoms with Gasteiger partial charge in [-0.25, -0.2) is 0 Å². The van der Waals surface area contributed by atoms with Gasteiger partial charge >= 0.3 is 0 Å². The van der Waals surface area contributed by atoms with E-state index in [1.807, 2.05) is 0 Å². The molecule has 2 aromatic rings. The quantitative estimate of drug-likeness (QED) is 0.436. The van der Waals surface area contributed by atoms with Gasteiger partial charge < -0.3 is 0 Å². The van der Waals surface area contributed by atoms with Crippen LogP contribution >= 0.6 is 7.92 Å². The summed E-state index contributed by atoms with van der Waals surface area (Å²) in [6, 6.07) is 22.5. The fraction of sp³-hybridized carbons (Fsp3) is 0.478. The first-order chi connectivity index (χ1) is 12.4. The Hall–Kier alpha value is -1.07. The molecule has 2 heteroatoms. The highest BCUT2D eigenvalue weighted by atomic mass is 31.1. The van der Waals surface area contributed by atoms with Gasteiger partial charge in [0.05, 0.1) is 0 Å². The molecule has 2 aliphatic heterocycles. The van der Waals surface area contributed by atoms with Crippen molar-refractivity contribution in [3.63, 3.8) is 0 Å². The second-order valence-corrected chi connectivity index (χ2v) is 10.3. The van der Waals surface area contributed by atoms with Gasteiger partial charge in [0.2, 0.25) is 0 Å². The van der Waals surface area contributed by atoms with Crippen molar-refractivity contribution in [3.05, 3.63) is 60.7 Å². The monoisotopic (exact) mass is 348 g/mol. The first-order valence-corrected chi connectivity index (χ1v) is 11.8. The summed E-state index contributed by atoms with van der Waals surface area (Å²) in [5.41, 5.74) is 0. The lowest BCUT2D eigenvalue weighted by Gasteiger charge is -2.40. The summed E-state index contributed by atoms with van der Waals surface area (Å²) in [5.74, 6) is 2.12. The first-order valence-electron chi connectivity index (χ1n) is 10.3. The van der Waals surface area contributed by atoms with Gasteiger partial charge in [-0.2, -0.15) is 0 Å². The van der Waals surface area contributed by atoms with Crippen molar-refractivity contribution in [2.45, 2.75) is 62.9 Å². The largest absolute Gasteiger partial charge is 0.146 e. The molecule has 0 aliphatic carbocycles. The Morgan fingerprint density at radius 1 is 0.720 bits per heavy atom. The van der Waals surface area contributed by atoms with E-state index in [1.165, 1.54) is 57.4 Å². The summed E-state index contributed by atoms with van der Waals surface area (Å²) in [6.45, 7) is 1.05. The normalized spacial score (nSPS) is 23.0. The van der Waals surface area contributed by atoms with Crippen LogP contribution in [-0.4, -0.2) is 12.9 Å². The van der Waals surface area contributed by atoms with Crippen molar-refractivity contribution in [3.8, 4) is 0 Å². The average Bonchev–Trinajstić information content (AvgIpc) is 2.66. The summed E-state index contributed by atoms with van der Waals surface area (Å²) in [6.07, 6.45) is 13.3. The second-order valence-electron chi connectivity index (χ2n) is 8.01. The van der Waals surface area contributed by atoms with Gasteiger partial charge in [-0.15, -0.1) is 0 Å². The van der Waals surface area contributed by atoms with Crippen LogP contribution in [0.5, 0.6) is 0 Å². The van der Waals surface area contributed by atoms with Crippen molar-refractivity contribution < 1.29 is 0 Å². The molecule has 0 nitrogen and oxygen atoms in total. The van der Waals surface area contributed by atoms with Crippen LogP contribution in [0.1, 0.15) is 44.9 Å². The Labute approximate surface area is 155 Å². The Morgan fingerprint density at radius 2 is 1.20 bits per heavy atom. The van der Waals surface area contributed by atoms with Crippen LogP contribution in [0.25, 0.3) is 0 Å². The Morgan fingerprint density at radius 3 is 1.68 bits per heavy atom. The van der Waals surface area contributed by atoms with Crippen molar-refractivity contribution in [2.24, 2.45) is 0 Å². The predicted molar refractivity (Wildman–Crippen MR) is 114 cm³/mol. The summed E-state index contributed by atoms with van der Waals surface area (Å²) >= 11 is 0. The topological polar surface area (TPSA) is 0 Å². The number of hydrogen-bond donors (Lipinski definition) is 0. The Bertz CT molecular complexity index is 580. The van der Waals surface area contributed by atoms with E-state index in [1.54, 1.807) is 10.6 Å². The molecule has 2 aliphatic rings. The van der Waals surface area contributed by atoms with Crippen molar-refractivity contribution in [1.29, 1.82) is 0 Å². The zero-order valence-electron chi connectivity index (χ0n) is 15.3. The number of hydrogen-bond acceptors (Lipinski definition) is 0. The fourth-order valence-corrected chi connectivity index (χ4v) is 7.77. The van der Waals surface area contributed by atoms with Crippen LogP contribution in [0.15, 0.2) is 60.7 Å². The van der Waals surface area contributed by atoms with Crippen molar-refractivity contribution in [1.82, 2.24) is 0 Å². The smallest absolute Gasteiger partial charge is 0.0733 e. The van der Waals surface area contributed by atoms with E-state index in [2.05, 4.69) is 60.7 Å². The van der Waals surface area contributed by atoms with Gasteiger partial charge in [0, 0.05) is 0 Å². The molecule has 25 heavy (non-hydrogen) atoms. The van der Waals surface area contributed by atoms with E-state index in [0.29, 0.717) is 0 Å². The van der Waals surface area contributed by atoms with Gasteiger partial charge in [0.25, 0.3) is 0 Å². The minimum absolute atomic E-state index is 0.193. The molecule has 0 amide bonds. The number of benzene rings is 2. The van der Waals surface area contributed by atoms with Gasteiger partial charge in [-0.05, 0) is 24.7 Å². The zero-order valence-corrected chi connectivity index (χ0v) is 16.2. The Kier molecular flexibility index (Phi) is 5.93. The molecule has 130 valence electrons. The third-order valence-electron chi connectivity index (χ3n) is 6.57. The maximum Gasteiger partial charge on any atom is 0.146 e. The van der Waals surface area contributed by atoms with Crippen LogP contribution in [0.3, 0.4) is 0 Å². The van der Waals surface area contributed by atoms with E-state index >= 15 is 0 Å².